The molecule has 0 bridgehead atoms. The van der Waals surface area contributed by atoms with Gasteiger partial charge in [0.1, 0.15) is 5.75 Å². The van der Waals surface area contributed by atoms with Gasteiger partial charge in [-0.2, -0.15) is 0 Å². The number of hydrogen-bond acceptors (Lipinski definition) is 3. The van der Waals surface area contributed by atoms with Crippen LogP contribution in [0.4, 0.5) is 0 Å². The standard InChI is InChI=1S/C29H34Cl2N2O3/c1-4-13-33(3)14-12-29(22-6-5-7-25(17-22)36-20(2)34)18-24(10-9-23(29)19-33)32-28(35)16-21-8-11-26(30)27(31)15-21/h4-8,11,15,17,23-24H,1,9-10,12-14,16,18-19H2,2-3H3/p+1/t23?,24-,29-,33-/m0/s1. The number of likely N-dealkylation sites (tertiary alicyclic amines) is 1. The topological polar surface area (TPSA) is 55.4 Å². The van der Waals surface area contributed by atoms with Crippen molar-refractivity contribution in [3.05, 3.63) is 76.3 Å². The summed E-state index contributed by atoms with van der Waals surface area (Å²) >= 11 is 12.2. The van der Waals surface area contributed by atoms with E-state index in [0.717, 1.165) is 55.4 Å². The van der Waals surface area contributed by atoms with Crippen molar-refractivity contribution in [1.29, 1.82) is 0 Å². The van der Waals surface area contributed by atoms with Crippen molar-refractivity contribution >= 4 is 35.1 Å². The highest BCUT2D eigenvalue weighted by Crippen LogP contribution is 2.50. The molecule has 0 spiro atoms. The average molecular weight is 531 g/mol. The molecule has 4 atom stereocenters. The molecule has 1 saturated carbocycles. The molecule has 0 aromatic heterocycles. The molecule has 1 unspecified atom stereocenters. The van der Waals surface area contributed by atoms with E-state index in [0.29, 0.717) is 21.7 Å². The number of carbonyl (C=O) groups is 2. The van der Waals surface area contributed by atoms with Gasteiger partial charge in [0.25, 0.3) is 0 Å². The number of ether oxygens (including phenoxy) is 1. The van der Waals surface area contributed by atoms with Crippen molar-refractivity contribution in [2.45, 2.75) is 50.5 Å². The van der Waals surface area contributed by atoms with Gasteiger partial charge in [0, 0.05) is 30.7 Å². The number of quaternary nitrogens is 1. The fraction of sp³-hybridized carbons (Fsp3) is 0.448. The number of halogens is 2. The van der Waals surface area contributed by atoms with Gasteiger partial charge in [0.2, 0.25) is 5.91 Å². The minimum absolute atomic E-state index is 0.0104. The molecule has 2 aliphatic rings. The van der Waals surface area contributed by atoms with Gasteiger partial charge in [-0.3, -0.25) is 9.59 Å². The zero-order valence-corrected chi connectivity index (χ0v) is 22.6. The van der Waals surface area contributed by atoms with Crippen LogP contribution in [0.3, 0.4) is 0 Å². The molecule has 0 radical (unpaired) electrons. The Balaban J connectivity index is 1.56. The van der Waals surface area contributed by atoms with Gasteiger partial charge in [-0.15, -0.1) is 0 Å². The van der Waals surface area contributed by atoms with E-state index in [9.17, 15) is 9.59 Å². The fourth-order valence-corrected chi connectivity index (χ4v) is 6.62. The molecule has 2 aromatic carbocycles. The number of nitrogens with one attached hydrogen (secondary N) is 1. The van der Waals surface area contributed by atoms with Gasteiger partial charge >= 0.3 is 5.97 Å². The number of benzene rings is 2. The largest absolute Gasteiger partial charge is 0.427 e. The molecule has 192 valence electrons. The highest BCUT2D eigenvalue weighted by atomic mass is 35.5. The van der Waals surface area contributed by atoms with Gasteiger partial charge in [-0.1, -0.05) is 48.0 Å². The molecule has 5 nitrogen and oxygen atoms in total. The molecule has 7 heteroatoms. The Morgan fingerprint density at radius 3 is 2.72 bits per heavy atom. The van der Waals surface area contributed by atoms with Gasteiger partial charge in [-0.25, -0.2) is 0 Å². The van der Waals surface area contributed by atoms with Crippen LogP contribution in [0.5, 0.6) is 5.75 Å². The number of carbonyl (C=O) groups excluding carboxylic acids is 2. The Bertz CT molecular complexity index is 1150. The first-order chi connectivity index (χ1) is 17.1. The minimum atomic E-state index is -0.323. The van der Waals surface area contributed by atoms with E-state index in [2.05, 4.69) is 25.0 Å². The number of piperidine rings is 1. The summed E-state index contributed by atoms with van der Waals surface area (Å²) in [6, 6.07) is 13.4. The Kier molecular flexibility index (Phi) is 8.13. The van der Waals surface area contributed by atoms with E-state index in [-0.39, 0.29) is 29.8 Å². The van der Waals surface area contributed by atoms with Gasteiger partial charge in [-0.05, 0) is 60.7 Å². The molecule has 1 aliphatic heterocycles. The van der Waals surface area contributed by atoms with Gasteiger partial charge in [0.05, 0.1) is 43.1 Å². The van der Waals surface area contributed by atoms with E-state index < -0.39 is 0 Å². The van der Waals surface area contributed by atoms with E-state index in [4.69, 9.17) is 27.9 Å². The molecule has 4 rings (SSSR count). The van der Waals surface area contributed by atoms with E-state index in [1.165, 1.54) is 12.5 Å². The van der Waals surface area contributed by atoms with E-state index >= 15 is 0 Å². The van der Waals surface area contributed by atoms with Crippen molar-refractivity contribution in [1.82, 2.24) is 5.32 Å². The molecule has 2 aromatic rings. The number of amides is 1. The van der Waals surface area contributed by atoms with Crippen molar-refractivity contribution in [2.24, 2.45) is 5.92 Å². The minimum Gasteiger partial charge on any atom is -0.427 e. The maximum absolute atomic E-state index is 13.0. The van der Waals surface area contributed by atoms with Crippen molar-refractivity contribution in [3.8, 4) is 5.75 Å². The first-order valence-electron chi connectivity index (χ1n) is 12.6. The van der Waals surface area contributed by atoms with Crippen molar-refractivity contribution in [3.63, 3.8) is 0 Å². The molecule has 36 heavy (non-hydrogen) atoms. The summed E-state index contributed by atoms with van der Waals surface area (Å²) < 4.78 is 6.41. The average Bonchev–Trinajstić information content (AvgIpc) is 2.81. The summed E-state index contributed by atoms with van der Waals surface area (Å²) in [6.45, 7) is 8.45. The van der Waals surface area contributed by atoms with Crippen LogP contribution in [0.15, 0.2) is 55.1 Å². The summed E-state index contributed by atoms with van der Waals surface area (Å²) in [6.07, 6.45) is 6.12. The van der Waals surface area contributed by atoms with Crippen LogP contribution in [0.2, 0.25) is 10.0 Å². The number of rotatable bonds is 7. The third-order valence-electron chi connectivity index (χ3n) is 7.97. The maximum Gasteiger partial charge on any atom is 0.308 e. The third-order valence-corrected chi connectivity index (χ3v) is 8.71. The molecule has 1 N–H and O–H groups in total. The highest BCUT2D eigenvalue weighted by molar-refractivity contribution is 6.42. The smallest absolute Gasteiger partial charge is 0.308 e. The lowest BCUT2D eigenvalue weighted by Gasteiger charge is -2.55. The monoisotopic (exact) mass is 529 g/mol. The Morgan fingerprint density at radius 2 is 2.00 bits per heavy atom. The molecule has 1 heterocycles. The molecular weight excluding hydrogens is 495 g/mol. The summed E-state index contributed by atoms with van der Waals surface area (Å²) in [5.74, 6) is 0.708. The van der Waals surface area contributed by atoms with E-state index in [1.807, 2.05) is 30.3 Å². The van der Waals surface area contributed by atoms with Gasteiger partial charge in [0.15, 0.2) is 0 Å². The Morgan fingerprint density at radius 1 is 1.19 bits per heavy atom. The summed E-state index contributed by atoms with van der Waals surface area (Å²) in [5, 5.41) is 4.24. The Labute approximate surface area is 224 Å². The van der Waals surface area contributed by atoms with Crippen LogP contribution in [0.1, 0.15) is 43.7 Å². The Hall–Kier alpha value is -2.34. The van der Waals surface area contributed by atoms with Crippen LogP contribution >= 0.6 is 23.2 Å². The number of nitrogens with zero attached hydrogens (tertiary/aromatic N) is 1. The van der Waals surface area contributed by atoms with Crippen LogP contribution in [-0.2, 0) is 21.4 Å². The fourth-order valence-electron chi connectivity index (χ4n) is 6.30. The molecule has 1 saturated heterocycles. The van der Waals surface area contributed by atoms with Crippen molar-refractivity contribution < 1.29 is 18.8 Å². The first kappa shape index (κ1) is 26.7. The summed E-state index contributed by atoms with van der Waals surface area (Å²) in [7, 11) is 2.31. The van der Waals surface area contributed by atoms with Crippen LogP contribution in [0, 0.1) is 5.92 Å². The first-order valence-corrected chi connectivity index (χ1v) is 13.3. The predicted octanol–water partition coefficient (Wildman–Crippen LogP) is 5.72. The lowest BCUT2D eigenvalue weighted by Crippen LogP contribution is -2.62. The second kappa shape index (κ2) is 11.0. The number of esters is 1. The lowest BCUT2D eigenvalue weighted by molar-refractivity contribution is -0.914. The second-order valence-corrected chi connectivity index (χ2v) is 11.5. The third kappa shape index (κ3) is 5.96. The predicted molar refractivity (Wildman–Crippen MR) is 144 cm³/mol. The molecule has 1 amide bonds. The van der Waals surface area contributed by atoms with Crippen LogP contribution in [-0.4, -0.2) is 49.1 Å². The number of fused-ring (bicyclic) bond motifs is 1. The summed E-state index contributed by atoms with van der Waals surface area (Å²) in [4.78, 5) is 24.6. The normalized spacial score (nSPS) is 27.6. The zero-order valence-electron chi connectivity index (χ0n) is 21.1. The number of hydrogen-bond donors (Lipinski definition) is 1. The van der Waals surface area contributed by atoms with Crippen molar-refractivity contribution in [2.75, 3.05) is 26.7 Å². The zero-order chi connectivity index (χ0) is 25.9. The molecule has 2 fully saturated rings. The lowest BCUT2D eigenvalue weighted by atomic mass is 9.57. The maximum atomic E-state index is 13.0. The summed E-state index contributed by atoms with van der Waals surface area (Å²) in [5.41, 5.74) is 1.95. The quantitative estimate of drug-likeness (QED) is 0.216. The number of likely N-dealkylation sites (N-methyl/N-ethyl adjacent to an activating group) is 1. The SMILES string of the molecule is C=CC[N@@+]1(C)CC[C@@]2(c3cccc(OC(C)=O)c3)C[C@@H](NC(=O)Cc3ccc(Cl)c(Cl)c3)CCC2C1. The van der Waals surface area contributed by atoms with Gasteiger partial charge < -0.3 is 14.5 Å². The molecular formula is C29H35Cl2N2O3+. The second-order valence-electron chi connectivity index (χ2n) is 10.7. The molecule has 1 aliphatic carbocycles. The van der Waals surface area contributed by atoms with Crippen LogP contribution in [0.25, 0.3) is 0 Å². The highest BCUT2D eigenvalue weighted by Gasteiger charge is 2.52. The van der Waals surface area contributed by atoms with Crippen LogP contribution < -0.4 is 10.1 Å². The van der Waals surface area contributed by atoms with E-state index in [1.54, 1.807) is 12.1 Å².